The van der Waals surface area contributed by atoms with Crippen LogP contribution in [0.5, 0.6) is 0 Å². The van der Waals surface area contributed by atoms with Gasteiger partial charge in [-0.15, -0.1) is 0 Å². The fourth-order valence-electron chi connectivity index (χ4n) is 2.54. The number of rotatable bonds is 7. The van der Waals surface area contributed by atoms with Crippen LogP contribution in [0.3, 0.4) is 0 Å². The fraction of sp³-hybridized carbons (Fsp3) is 0.211. The predicted molar refractivity (Wildman–Crippen MR) is 94.7 cm³/mol. The Morgan fingerprint density at radius 3 is 2.58 bits per heavy atom. The van der Waals surface area contributed by atoms with Gasteiger partial charge in [-0.25, -0.2) is 14.1 Å². The molecule has 1 atom stereocenters. The van der Waals surface area contributed by atoms with E-state index in [0.29, 0.717) is 11.3 Å². The van der Waals surface area contributed by atoms with Crippen molar-refractivity contribution in [3.05, 3.63) is 84.2 Å². The van der Waals surface area contributed by atoms with Crippen molar-refractivity contribution in [2.75, 3.05) is 0 Å². The van der Waals surface area contributed by atoms with Gasteiger partial charge in [-0.05, 0) is 30.2 Å². The van der Waals surface area contributed by atoms with E-state index in [2.05, 4.69) is 15.2 Å². The first kappa shape index (κ1) is 17.8. The molecular weight excluding hydrogens is 335 g/mol. The van der Waals surface area contributed by atoms with Crippen LogP contribution in [0, 0.1) is 5.82 Å². The van der Waals surface area contributed by atoms with E-state index < -0.39 is 5.60 Å². The maximum atomic E-state index is 12.9. The number of halogens is 1. The van der Waals surface area contributed by atoms with Crippen molar-refractivity contribution >= 4 is 5.71 Å². The number of nitrogens with zero attached hydrogens (tertiary/aromatic N) is 4. The molecule has 6 nitrogen and oxygen atoms in total. The zero-order chi connectivity index (χ0) is 18.4. The molecule has 1 heterocycles. The molecule has 0 aliphatic carbocycles. The molecule has 0 radical (unpaired) electrons. The van der Waals surface area contributed by atoms with Crippen molar-refractivity contribution in [1.82, 2.24) is 14.8 Å². The van der Waals surface area contributed by atoms with E-state index in [4.69, 9.17) is 4.84 Å². The van der Waals surface area contributed by atoms with Gasteiger partial charge in [0.2, 0.25) is 0 Å². The van der Waals surface area contributed by atoms with Gasteiger partial charge in [-0.1, -0.05) is 47.6 Å². The average molecular weight is 354 g/mol. The minimum absolute atomic E-state index is 0.145. The lowest BCUT2D eigenvalue weighted by molar-refractivity contribution is 0.0710. The SMILES string of the molecule is CC(=NOCc1ccc(F)cc1)C(O)(Cn1cncn1)c1ccccc1. The van der Waals surface area contributed by atoms with Crippen LogP contribution >= 0.6 is 0 Å². The number of hydrogen-bond acceptors (Lipinski definition) is 5. The second-order valence-electron chi connectivity index (χ2n) is 5.90. The van der Waals surface area contributed by atoms with Crippen molar-refractivity contribution < 1.29 is 14.3 Å². The quantitative estimate of drug-likeness (QED) is 0.523. The van der Waals surface area contributed by atoms with Crippen LogP contribution in [0.1, 0.15) is 18.1 Å². The highest BCUT2D eigenvalue weighted by atomic mass is 19.1. The monoisotopic (exact) mass is 354 g/mol. The van der Waals surface area contributed by atoms with Gasteiger partial charge in [0.15, 0.2) is 5.60 Å². The molecule has 3 rings (SSSR count). The maximum Gasteiger partial charge on any atom is 0.150 e. The number of benzene rings is 2. The van der Waals surface area contributed by atoms with Crippen LogP contribution in [0.4, 0.5) is 4.39 Å². The zero-order valence-corrected chi connectivity index (χ0v) is 14.3. The van der Waals surface area contributed by atoms with Gasteiger partial charge < -0.3 is 9.94 Å². The molecule has 1 N–H and O–H groups in total. The maximum absolute atomic E-state index is 12.9. The average Bonchev–Trinajstić information content (AvgIpc) is 3.16. The highest BCUT2D eigenvalue weighted by Gasteiger charge is 2.34. The zero-order valence-electron chi connectivity index (χ0n) is 14.3. The van der Waals surface area contributed by atoms with Crippen LogP contribution in [0.2, 0.25) is 0 Å². The molecule has 7 heteroatoms. The molecule has 134 valence electrons. The Hall–Kier alpha value is -3.06. The summed E-state index contributed by atoms with van der Waals surface area (Å²) in [6, 6.07) is 15.2. The molecular formula is C19H19FN4O2. The van der Waals surface area contributed by atoms with Crippen LogP contribution in [0.25, 0.3) is 0 Å². The van der Waals surface area contributed by atoms with Gasteiger partial charge in [0, 0.05) is 0 Å². The summed E-state index contributed by atoms with van der Waals surface area (Å²) in [6.45, 7) is 2.01. The molecule has 0 bridgehead atoms. The third-order valence-electron chi connectivity index (χ3n) is 4.05. The Bertz CT molecular complexity index is 851. The number of aromatic nitrogens is 3. The van der Waals surface area contributed by atoms with E-state index >= 15 is 0 Å². The summed E-state index contributed by atoms with van der Waals surface area (Å²) in [4.78, 5) is 9.28. The molecule has 3 aromatic rings. The van der Waals surface area contributed by atoms with Crippen molar-refractivity contribution in [3.63, 3.8) is 0 Å². The number of hydrogen-bond donors (Lipinski definition) is 1. The molecule has 0 amide bonds. The summed E-state index contributed by atoms with van der Waals surface area (Å²) < 4.78 is 14.5. The van der Waals surface area contributed by atoms with E-state index in [9.17, 15) is 9.50 Å². The fourth-order valence-corrected chi connectivity index (χ4v) is 2.54. The number of aliphatic hydroxyl groups is 1. The number of oxime groups is 1. The van der Waals surface area contributed by atoms with Crippen LogP contribution < -0.4 is 0 Å². The predicted octanol–water partition coefficient (Wildman–Crippen LogP) is 2.90. The van der Waals surface area contributed by atoms with Gasteiger partial charge in [0.1, 0.15) is 25.1 Å². The van der Waals surface area contributed by atoms with Gasteiger partial charge in [-0.3, -0.25) is 0 Å². The van der Waals surface area contributed by atoms with Crippen molar-refractivity contribution in [1.29, 1.82) is 0 Å². The summed E-state index contributed by atoms with van der Waals surface area (Å²) in [6.07, 6.45) is 2.93. The second kappa shape index (κ2) is 7.88. The molecule has 1 unspecified atom stereocenters. The van der Waals surface area contributed by atoms with Crippen LogP contribution in [0.15, 0.2) is 72.4 Å². The molecule has 1 aromatic heterocycles. The third kappa shape index (κ3) is 4.12. The standard InChI is InChI=1S/C19H19FN4O2/c1-15(23-26-11-16-7-9-18(20)10-8-16)19(25,12-24-14-21-13-22-24)17-5-3-2-4-6-17/h2-10,13-14,25H,11-12H2,1H3. The van der Waals surface area contributed by atoms with Gasteiger partial charge in [0.25, 0.3) is 0 Å². The van der Waals surface area contributed by atoms with E-state index in [1.807, 2.05) is 30.3 Å². The van der Waals surface area contributed by atoms with Crippen molar-refractivity contribution in [2.24, 2.45) is 5.16 Å². The minimum atomic E-state index is -1.41. The Labute approximate surface area is 150 Å². The first-order valence-corrected chi connectivity index (χ1v) is 8.10. The first-order valence-electron chi connectivity index (χ1n) is 8.10. The lowest BCUT2D eigenvalue weighted by Gasteiger charge is -2.28. The molecule has 0 aliphatic rings. The van der Waals surface area contributed by atoms with E-state index in [1.54, 1.807) is 19.1 Å². The summed E-state index contributed by atoms with van der Waals surface area (Å²) in [5, 5.41) is 19.4. The lowest BCUT2D eigenvalue weighted by Crippen LogP contribution is -2.39. The first-order chi connectivity index (χ1) is 12.6. The molecule has 26 heavy (non-hydrogen) atoms. The highest BCUT2D eigenvalue weighted by Crippen LogP contribution is 2.25. The summed E-state index contributed by atoms with van der Waals surface area (Å²) in [5.74, 6) is -0.306. The van der Waals surface area contributed by atoms with Crippen LogP contribution in [-0.2, 0) is 23.6 Å². The Kier molecular flexibility index (Phi) is 5.38. The largest absolute Gasteiger partial charge is 0.391 e. The summed E-state index contributed by atoms with van der Waals surface area (Å²) >= 11 is 0. The Morgan fingerprint density at radius 1 is 1.19 bits per heavy atom. The van der Waals surface area contributed by atoms with E-state index in [-0.39, 0.29) is 19.0 Å². The smallest absolute Gasteiger partial charge is 0.150 e. The van der Waals surface area contributed by atoms with Crippen LogP contribution in [-0.4, -0.2) is 25.6 Å². The molecule has 0 fully saturated rings. The summed E-state index contributed by atoms with van der Waals surface area (Å²) in [7, 11) is 0. The minimum Gasteiger partial charge on any atom is -0.391 e. The molecule has 0 saturated heterocycles. The summed E-state index contributed by atoms with van der Waals surface area (Å²) in [5.41, 5.74) is 0.420. The molecule has 0 aliphatic heterocycles. The van der Waals surface area contributed by atoms with Gasteiger partial charge in [0.05, 0.1) is 12.3 Å². The Balaban J connectivity index is 1.79. The lowest BCUT2D eigenvalue weighted by atomic mass is 9.89. The Morgan fingerprint density at radius 2 is 1.92 bits per heavy atom. The van der Waals surface area contributed by atoms with Crippen molar-refractivity contribution in [3.8, 4) is 0 Å². The highest BCUT2D eigenvalue weighted by molar-refractivity contribution is 5.90. The third-order valence-corrected chi connectivity index (χ3v) is 4.05. The van der Waals surface area contributed by atoms with Crippen molar-refractivity contribution in [2.45, 2.75) is 25.7 Å². The van der Waals surface area contributed by atoms with Gasteiger partial charge in [-0.2, -0.15) is 5.10 Å². The van der Waals surface area contributed by atoms with E-state index in [0.717, 1.165) is 5.56 Å². The van der Waals surface area contributed by atoms with E-state index in [1.165, 1.54) is 29.5 Å². The van der Waals surface area contributed by atoms with Gasteiger partial charge >= 0.3 is 0 Å². The second-order valence-corrected chi connectivity index (χ2v) is 5.90. The molecule has 0 spiro atoms. The normalized spacial score (nSPS) is 14.0. The molecule has 0 saturated carbocycles. The molecule has 2 aromatic carbocycles. The topological polar surface area (TPSA) is 72.5 Å².